The molecule has 0 atom stereocenters. The molecule has 0 radical (unpaired) electrons. The fraction of sp³-hybridized carbons (Fsp3) is 0.100. The second-order valence-corrected chi connectivity index (χ2v) is 5.93. The number of aliphatic imine (C=N–C) groups is 1. The summed E-state index contributed by atoms with van der Waals surface area (Å²) in [4.78, 5) is 8.20. The van der Waals surface area contributed by atoms with Crippen molar-refractivity contribution in [3.8, 4) is 17.4 Å². The zero-order chi connectivity index (χ0) is 21.6. The summed E-state index contributed by atoms with van der Waals surface area (Å²) in [5, 5.41) is 2.58. The summed E-state index contributed by atoms with van der Waals surface area (Å²) in [6.45, 7) is 0.130. The number of ether oxygens (including phenoxy) is 2. The van der Waals surface area contributed by atoms with Gasteiger partial charge in [-0.1, -0.05) is 18.2 Å². The molecule has 1 heterocycles. The van der Waals surface area contributed by atoms with E-state index < -0.39 is 12.1 Å². The lowest BCUT2D eigenvalue weighted by Crippen LogP contribution is -2.24. The third-order valence-corrected chi connectivity index (χ3v) is 3.64. The molecule has 156 valence electrons. The van der Waals surface area contributed by atoms with Crippen LogP contribution in [0.15, 0.2) is 71.9 Å². The van der Waals surface area contributed by atoms with Crippen molar-refractivity contribution >= 4 is 11.6 Å². The Balaban J connectivity index is 1.60. The summed E-state index contributed by atoms with van der Waals surface area (Å²) in [7, 11) is 0. The molecule has 0 amide bonds. The van der Waals surface area contributed by atoms with Gasteiger partial charge in [-0.05, 0) is 42.0 Å². The number of nitrogens with one attached hydrogen (secondary N) is 1. The maximum atomic E-state index is 12.9. The van der Waals surface area contributed by atoms with Crippen LogP contribution < -0.4 is 20.5 Å². The fourth-order valence-corrected chi connectivity index (χ4v) is 2.33. The number of aromatic nitrogens is 1. The van der Waals surface area contributed by atoms with Crippen LogP contribution in [0.5, 0.6) is 17.4 Å². The molecule has 0 bridgehead atoms. The van der Waals surface area contributed by atoms with E-state index in [0.717, 1.165) is 6.07 Å². The Morgan fingerprint density at radius 3 is 2.43 bits per heavy atom. The van der Waals surface area contributed by atoms with Gasteiger partial charge in [0.2, 0.25) is 5.88 Å². The van der Waals surface area contributed by atoms with E-state index in [0.29, 0.717) is 17.2 Å². The van der Waals surface area contributed by atoms with Crippen LogP contribution in [0.25, 0.3) is 0 Å². The first kappa shape index (κ1) is 20.9. The van der Waals surface area contributed by atoms with E-state index in [9.17, 15) is 17.6 Å². The second kappa shape index (κ2) is 9.12. The van der Waals surface area contributed by atoms with Gasteiger partial charge in [-0.25, -0.2) is 14.4 Å². The van der Waals surface area contributed by atoms with Gasteiger partial charge in [-0.15, -0.1) is 13.2 Å². The van der Waals surface area contributed by atoms with Crippen molar-refractivity contribution in [2.75, 3.05) is 5.32 Å². The molecule has 10 heteroatoms. The molecule has 2 aromatic carbocycles. The molecule has 0 aliphatic rings. The SMILES string of the molecule is NC(=NCc1ccc(Oc2ccc(F)cc2)nc1)Nc1ccccc1OC(F)(F)F. The molecule has 0 aliphatic carbocycles. The molecule has 1 aromatic heterocycles. The maximum Gasteiger partial charge on any atom is 0.573 e. The van der Waals surface area contributed by atoms with Gasteiger partial charge in [0.1, 0.15) is 11.6 Å². The van der Waals surface area contributed by atoms with Gasteiger partial charge in [0, 0.05) is 12.3 Å². The molecule has 0 spiro atoms. The molecule has 0 fully saturated rings. The molecule has 0 saturated heterocycles. The standard InChI is InChI=1S/C20H16F4N4O2/c21-14-6-8-15(9-7-14)29-18-10-5-13(11-26-18)12-27-19(25)28-16-3-1-2-4-17(16)30-20(22,23)24/h1-11H,12H2,(H3,25,27,28). The number of nitrogens with zero attached hydrogens (tertiary/aromatic N) is 2. The average molecular weight is 420 g/mol. The lowest BCUT2D eigenvalue weighted by atomic mass is 10.3. The zero-order valence-corrected chi connectivity index (χ0v) is 15.4. The van der Waals surface area contributed by atoms with Gasteiger partial charge in [-0.2, -0.15) is 0 Å². The van der Waals surface area contributed by atoms with Crippen molar-refractivity contribution in [1.82, 2.24) is 4.98 Å². The van der Waals surface area contributed by atoms with Gasteiger partial charge >= 0.3 is 6.36 Å². The van der Waals surface area contributed by atoms with Gasteiger partial charge in [-0.3, -0.25) is 0 Å². The van der Waals surface area contributed by atoms with E-state index in [-0.39, 0.29) is 24.0 Å². The summed E-state index contributed by atoms with van der Waals surface area (Å²) >= 11 is 0. The summed E-state index contributed by atoms with van der Waals surface area (Å²) in [5.41, 5.74) is 6.47. The predicted molar refractivity (Wildman–Crippen MR) is 103 cm³/mol. The number of guanidine groups is 1. The average Bonchev–Trinajstić information content (AvgIpc) is 2.70. The highest BCUT2D eigenvalue weighted by Gasteiger charge is 2.32. The predicted octanol–water partition coefficient (Wildman–Crippen LogP) is 4.84. The van der Waals surface area contributed by atoms with E-state index in [4.69, 9.17) is 10.5 Å². The first-order valence-corrected chi connectivity index (χ1v) is 8.58. The van der Waals surface area contributed by atoms with Crippen molar-refractivity contribution < 1.29 is 27.0 Å². The Hall–Kier alpha value is -3.82. The van der Waals surface area contributed by atoms with Gasteiger partial charge in [0.25, 0.3) is 0 Å². The number of nitrogens with two attached hydrogens (primary N) is 1. The summed E-state index contributed by atoms with van der Waals surface area (Å²) < 4.78 is 59.8. The number of anilines is 1. The maximum absolute atomic E-state index is 12.9. The minimum atomic E-state index is -4.83. The fourth-order valence-electron chi connectivity index (χ4n) is 2.33. The molecule has 3 N–H and O–H groups in total. The first-order valence-electron chi connectivity index (χ1n) is 8.58. The normalized spacial score (nSPS) is 11.8. The van der Waals surface area contributed by atoms with Crippen LogP contribution in [0.4, 0.5) is 23.2 Å². The van der Waals surface area contributed by atoms with Gasteiger partial charge in [0.15, 0.2) is 11.7 Å². The number of hydrogen-bond donors (Lipinski definition) is 2. The molecule has 30 heavy (non-hydrogen) atoms. The van der Waals surface area contributed by atoms with Crippen LogP contribution in [0.2, 0.25) is 0 Å². The summed E-state index contributed by atoms with van der Waals surface area (Å²) in [6, 6.07) is 14.3. The second-order valence-electron chi connectivity index (χ2n) is 5.93. The van der Waals surface area contributed by atoms with Crippen molar-refractivity contribution in [2.45, 2.75) is 12.9 Å². The monoisotopic (exact) mass is 420 g/mol. The highest BCUT2D eigenvalue weighted by molar-refractivity contribution is 5.93. The van der Waals surface area contributed by atoms with E-state index in [1.54, 1.807) is 12.1 Å². The number of hydrogen-bond acceptors (Lipinski definition) is 4. The number of pyridine rings is 1. The summed E-state index contributed by atoms with van der Waals surface area (Å²) in [5.74, 6) is -0.157. The molecule has 0 saturated carbocycles. The Kier molecular flexibility index (Phi) is 6.35. The number of alkyl halides is 3. The van der Waals surface area contributed by atoms with E-state index in [1.807, 2.05) is 0 Å². The molecular weight excluding hydrogens is 404 g/mol. The Bertz CT molecular complexity index is 1010. The first-order chi connectivity index (χ1) is 14.3. The van der Waals surface area contributed by atoms with Gasteiger partial charge < -0.3 is 20.5 Å². The summed E-state index contributed by atoms with van der Waals surface area (Å²) in [6.07, 6.45) is -3.32. The van der Waals surface area contributed by atoms with Crippen molar-refractivity contribution in [1.29, 1.82) is 0 Å². The van der Waals surface area contributed by atoms with Crippen molar-refractivity contribution in [3.63, 3.8) is 0 Å². The number of halogens is 4. The van der Waals surface area contributed by atoms with Crippen LogP contribution in [0.1, 0.15) is 5.56 Å². The van der Waals surface area contributed by atoms with Gasteiger partial charge in [0.05, 0.1) is 12.2 Å². The molecule has 0 aliphatic heterocycles. The third kappa shape index (κ3) is 6.36. The van der Waals surface area contributed by atoms with Crippen LogP contribution in [0.3, 0.4) is 0 Å². The van der Waals surface area contributed by atoms with E-state index in [1.165, 1.54) is 48.7 Å². The minimum Gasteiger partial charge on any atom is -0.439 e. The Labute approximate surface area is 169 Å². The topological polar surface area (TPSA) is 81.8 Å². The Morgan fingerprint density at radius 2 is 1.77 bits per heavy atom. The van der Waals surface area contributed by atoms with E-state index in [2.05, 4.69) is 20.0 Å². The Morgan fingerprint density at radius 1 is 1.03 bits per heavy atom. The number of para-hydroxylation sites is 2. The molecule has 0 unspecified atom stereocenters. The molecule has 6 nitrogen and oxygen atoms in total. The largest absolute Gasteiger partial charge is 0.573 e. The third-order valence-electron chi connectivity index (χ3n) is 3.64. The zero-order valence-electron chi connectivity index (χ0n) is 15.4. The van der Waals surface area contributed by atoms with Crippen LogP contribution >= 0.6 is 0 Å². The number of rotatable bonds is 6. The van der Waals surface area contributed by atoms with Crippen molar-refractivity contribution in [3.05, 3.63) is 78.2 Å². The van der Waals surface area contributed by atoms with Crippen LogP contribution in [0, 0.1) is 5.82 Å². The molecule has 3 aromatic rings. The van der Waals surface area contributed by atoms with E-state index >= 15 is 0 Å². The van der Waals surface area contributed by atoms with Crippen LogP contribution in [-0.2, 0) is 6.54 Å². The quantitative estimate of drug-likeness (QED) is 0.339. The smallest absolute Gasteiger partial charge is 0.439 e. The highest BCUT2D eigenvalue weighted by Crippen LogP contribution is 2.29. The van der Waals surface area contributed by atoms with Crippen molar-refractivity contribution in [2.24, 2.45) is 10.7 Å². The molecule has 3 rings (SSSR count). The highest BCUT2D eigenvalue weighted by atomic mass is 19.4. The number of benzene rings is 2. The molecular formula is C20H16F4N4O2. The lowest BCUT2D eigenvalue weighted by Gasteiger charge is -2.14. The lowest BCUT2D eigenvalue weighted by molar-refractivity contribution is -0.274. The minimum absolute atomic E-state index is 0.0252. The van der Waals surface area contributed by atoms with Crippen LogP contribution in [-0.4, -0.2) is 17.3 Å².